The van der Waals surface area contributed by atoms with Crippen LogP contribution >= 0.6 is 0 Å². The van der Waals surface area contributed by atoms with Crippen LogP contribution in [0.5, 0.6) is 0 Å². The highest BCUT2D eigenvalue weighted by atomic mass is 16.3. The second kappa shape index (κ2) is 5.80. The maximum Gasteiger partial charge on any atom is 0.251 e. The molecule has 0 fully saturated rings. The molecule has 2 rings (SSSR count). The zero-order valence-corrected chi connectivity index (χ0v) is 9.83. The van der Waals surface area contributed by atoms with E-state index in [4.69, 9.17) is 5.11 Å². The molecule has 17 heavy (non-hydrogen) atoms. The van der Waals surface area contributed by atoms with E-state index in [-0.39, 0.29) is 12.5 Å². The van der Waals surface area contributed by atoms with Gasteiger partial charge in [0.15, 0.2) is 0 Å². The van der Waals surface area contributed by atoms with E-state index >= 15 is 0 Å². The second-order valence-corrected chi connectivity index (χ2v) is 4.20. The lowest BCUT2D eigenvalue weighted by Gasteiger charge is -2.19. The summed E-state index contributed by atoms with van der Waals surface area (Å²) in [5.74, 6) is -0.0426. The number of carbonyl (C=O) groups excluding carboxylic acids is 1. The van der Waals surface area contributed by atoms with E-state index in [2.05, 4.69) is 16.7 Å². The number of aliphatic hydroxyl groups excluding tert-OH is 1. The van der Waals surface area contributed by atoms with Gasteiger partial charge in [0.1, 0.15) is 0 Å². The van der Waals surface area contributed by atoms with Gasteiger partial charge in [0.2, 0.25) is 0 Å². The maximum absolute atomic E-state index is 12.0. The van der Waals surface area contributed by atoms with Crippen LogP contribution in [0.3, 0.4) is 0 Å². The lowest BCUT2D eigenvalue weighted by Crippen LogP contribution is -2.30. The molecule has 3 N–H and O–H groups in total. The molecule has 0 bridgehead atoms. The molecule has 0 aromatic heterocycles. The Kier molecular flexibility index (Phi) is 4.12. The summed E-state index contributed by atoms with van der Waals surface area (Å²) in [6, 6.07) is 5.88. The Hall–Kier alpha value is -1.39. The minimum absolute atomic E-state index is 0.0426. The molecule has 0 saturated heterocycles. The number of aliphatic hydroxyl groups is 1. The molecule has 92 valence electrons. The van der Waals surface area contributed by atoms with Crippen LogP contribution in [0.1, 0.15) is 27.9 Å². The third-order valence-electron chi connectivity index (χ3n) is 3.01. The van der Waals surface area contributed by atoms with Crippen molar-refractivity contribution in [1.29, 1.82) is 0 Å². The van der Waals surface area contributed by atoms with Crippen molar-refractivity contribution in [2.75, 3.05) is 19.7 Å². The average molecular weight is 234 g/mol. The van der Waals surface area contributed by atoms with Gasteiger partial charge in [0, 0.05) is 25.3 Å². The quantitative estimate of drug-likeness (QED) is 0.663. The lowest BCUT2D eigenvalue weighted by atomic mass is 9.95. The first-order valence-electron chi connectivity index (χ1n) is 6.03. The van der Waals surface area contributed by atoms with Gasteiger partial charge >= 0.3 is 0 Å². The fourth-order valence-electron chi connectivity index (χ4n) is 2.10. The standard InChI is InChI=1S/C13H18N2O2/c16-8-2-6-15-13(17)11-4-1-3-10-5-7-14-9-12(10)11/h1,3-4,14,16H,2,5-9H2,(H,15,17). The number of amides is 1. The van der Waals surface area contributed by atoms with Gasteiger partial charge in [0.05, 0.1) is 0 Å². The van der Waals surface area contributed by atoms with Gasteiger partial charge < -0.3 is 15.7 Å². The van der Waals surface area contributed by atoms with E-state index < -0.39 is 0 Å². The van der Waals surface area contributed by atoms with Crippen LogP contribution in [-0.2, 0) is 13.0 Å². The van der Waals surface area contributed by atoms with E-state index in [0.29, 0.717) is 13.0 Å². The van der Waals surface area contributed by atoms with Crippen LogP contribution in [0.2, 0.25) is 0 Å². The predicted molar refractivity (Wildman–Crippen MR) is 65.9 cm³/mol. The van der Waals surface area contributed by atoms with E-state index in [0.717, 1.165) is 30.6 Å². The molecule has 1 aromatic rings. The van der Waals surface area contributed by atoms with Gasteiger partial charge in [-0.2, -0.15) is 0 Å². The van der Waals surface area contributed by atoms with Crippen molar-refractivity contribution >= 4 is 5.91 Å². The molecule has 0 unspecified atom stereocenters. The normalized spacial score (nSPS) is 14.2. The van der Waals surface area contributed by atoms with Gasteiger partial charge in [-0.3, -0.25) is 4.79 Å². The minimum atomic E-state index is -0.0426. The van der Waals surface area contributed by atoms with Crippen LogP contribution in [0, 0.1) is 0 Å². The molecule has 4 nitrogen and oxygen atoms in total. The van der Waals surface area contributed by atoms with Gasteiger partial charge in [-0.1, -0.05) is 12.1 Å². The Balaban J connectivity index is 2.12. The average Bonchev–Trinajstić information content (AvgIpc) is 2.38. The fraction of sp³-hybridized carbons (Fsp3) is 0.462. The molecular weight excluding hydrogens is 216 g/mol. The first-order valence-corrected chi connectivity index (χ1v) is 6.03. The largest absolute Gasteiger partial charge is 0.396 e. The van der Waals surface area contributed by atoms with Crippen LogP contribution < -0.4 is 10.6 Å². The van der Waals surface area contributed by atoms with Crippen LogP contribution in [0.15, 0.2) is 18.2 Å². The van der Waals surface area contributed by atoms with Gasteiger partial charge in [-0.05, 0) is 36.6 Å². The maximum atomic E-state index is 12.0. The third-order valence-corrected chi connectivity index (χ3v) is 3.01. The topological polar surface area (TPSA) is 61.4 Å². The summed E-state index contributed by atoms with van der Waals surface area (Å²) in [5.41, 5.74) is 3.13. The zero-order chi connectivity index (χ0) is 12.1. The minimum Gasteiger partial charge on any atom is -0.396 e. The third kappa shape index (κ3) is 2.84. The number of nitrogens with one attached hydrogen (secondary N) is 2. The molecule has 1 aliphatic heterocycles. The molecule has 1 heterocycles. The highest BCUT2D eigenvalue weighted by Crippen LogP contribution is 2.18. The highest BCUT2D eigenvalue weighted by molar-refractivity contribution is 5.96. The van der Waals surface area contributed by atoms with Gasteiger partial charge in [0.25, 0.3) is 5.91 Å². The summed E-state index contributed by atoms with van der Waals surface area (Å²) < 4.78 is 0. The summed E-state index contributed by atoms with van der Waals surface area (Å²) in [6.45, 7) is 2.36. The summed E-state index contributed by atoms with van der Waals surface area (Å²) in [5, 5.41) is 14.8. The van der Waals surface area contributed by atoms with Crippen molar-refractivity contribution < 1.29 is 9.90 Å². The van der Waals surface area contributed by atoms with Crippen molar-refractivity contribution in [3.63, 3.8) is 0 Å². The Labute approximate surface area is 101 Å². The van der Waals surface area contributed by atoms with Crippen molar-refractivity contribution in [1.82, 2.24) is 10.6 Å². The SMILES string of the molecule is O=C(NCCCO)c1cccc2c1CNCC2. The Bertz CT molecular complexity index is 404. The van der Waals surface area contributed by atoms with E-state index in [1.807, 2.05) is 12.1 Å². The molecule has 4 heteroatoms. The molecule has 0 saturated carbocycles. The number of hydrogen-bond acceptors (Lipinski definition) is 3. The summed E-state index contributed by atoms with van der Waals surface area (Å²) in [6.07, 6.45) is 1.58. The van der Waals surface area contributed by atoms with Gasteiger partial charge in [-0.15, -0.1) is 0 Å². The Morgan fingerprint density at radius 1 is 1.47 bits per heavy atom. The summed E-state index contributed by atoms with van der Waals surface area (Å²) >= 11 is 0. The van der Waals surface area contributed by atoms with Crippen molar-refractivity contribution in [3.05, 3.63) is 34.9 Å². The second-order valence-electron chi connectivity index (χ2n) is 4.20. The molecule has 0 atom stereocenters. The van der Waals surface area contributed by atoms with Gasteiger partial charge in [-0.25, -0.2) is 0 Å². The predicted octanol–water partition coefficient (Wildman–Crippen LogP) is 0.444. The number of rotatable bonds is 4. The molecule has 1 aromatic carbocycles. The molecule has 0 radical (unpaired) electrons. The first-order chi connectivity index (χ1) is 8.33. The molecular formula is C13H18N2O2. The smallest absolute Gasteiger partial charge is 0.251 e. The first kappa shape index (κ1) is 12.1. The van der Waals surface area contributed by atoms with Crippen LogP contribution in [0.25, 0.3) is 0 Å². The van der Waals surface area contributed by atoms with Crippen molar-refractivity contribution in [2.24, 2.45) is 0 Å². The molecule has 0 spiro atoms. The fourth-order valence-corrected chi connectivity index (χ4v) is 2.10. The number of carbonyl (C=O) groups is 1. The monoisotopic (exact) mass is 234 g/mol. The van der Waals surface area contributed by atoms with E-state index in [1.165, 1.54) is 5.56 Å². The summed E-state index contributed by atoms with van der Waals surface area (Å²) in [4.78, 5) is 12.0. The zero-order valence-electron chi connectivity index (χ0n) is 9.83. The van der Waals surface area contributed by atoms with Crippen molar-refractivity contribution in [3.8, 4) is 0 Å². The molecule has 0 aliphatic carbocycles. The van der Waals surface area contributed by atoms with Crippen LogP contribution in [-0.4, -0.2) is 30.7 Å². The highest BCUT2D eigenvalue weighted by Gasteiger charge is 2.16. The Morgan fingerprint density at radius 2 is 2.35 bits per heavy atom. The number of fused-ring (bicyclic) bond motifs is 1. The molecule has 1 aliphatic rings. The van der Waals surface area contributed by atoms with Crippen LogP contribution in [0.4, 0.5) is 0 Å². The number of benzene rings is 1. The Morgan fingerprint density at radius 3 is 3.18 bits per heavy atom. The molecule has 1 amide bonds. The van der Waals surface area contributed by atoms with Crippen molar-refractivity contribution in [2.45, 2.75) is 19.4 Å². The van der Waals surface area contributed by atoms with E-state index in [9.17, 15) is 4.79 Å². The number of hydrogen-bond donors (Lipinski definition) is 3. The summed E-state index contributed by atoms with van der Waals surface area (Å²) in [7, 11) is 0. The van der Waals surface area contributed by atoms with E-state index in [1.54, 1.807) is 0 Å². The lowest BCUT2D eigenvalue weighted by molar-refractivity contribution is 0.0950.